The summed E-state index contributed by atoms with van der Waals surface area (Å²) in [6, 6.07) is 7.39. The van der Waals surface area contributed by atoms with E-state index >= 15 is 0 Å². The highest BCUT2D eigenvalue weighted by Gasteiger charge is 2.07. The average molecular weight is 247 g/mol. The van der Waals surface area contributed by atoms with Crippen LogP contribution in [0.15, 0.2) is 30.5 Å². The van der Waals surface area contributed by atoms with Gasteiger partial charge in [-0.05, 0) is 25.1 Å². The maximum atomic E-state index is 13.5. The normalized spacial score (nSPS) is 11.2. The third kappa shape index (κ3) is 2.76. The Kier molecular flexibility index (Phi) is 3.77. The first-order valence-corrected chi connectivity index (χ1v) is 6.11. The third-order valence-corrected chi connectivity index (χ3v) is 2.82. The molecule has 0 amide bonds. The molecule has 96 valence electrons. The largest absolute Gasteiger partial charge is 0.309 e. The van der Waals surface area contributed by atoms with Crippen molar-refractivity contribution in [1.29, 1.82) is 0 Å². The minimum Gasteiger partial charge on any atom is -0.309 e. The van der Waals surface area contributed by atoms with Crippen LogP contribution in [-0.2, 0) is 6.54 Å². The van der Waals surface area contributed by atoms with Crippen LogP contribution in [-0.4, -0.2) is 15.8 Å². The monoisotopic (exact) mass is 247 g/mol. The van der Waals surface area contributed by atoms with Crippen molar-refractivity contribution in [2.24, 2.45) is 0 Å². The lowest BCUT2D eigenvalue weighted by atomic mass is 10.2. The van der Waals surface area contributed by atoms with Crippen LogP contribution in [0.2, 0.25) is 0 Å². The Labute approximate surface area is 107 Å². The Morgan fingerprint density at radius 3 is 2.83 bits per heavy atom. The van der Waals surface area contributed by atoms with Gasteiger partial charge in [-0.1, -0.05) is 19.9 Å². The van der Waals surface area contributed by atoms with Gasteiger partial charge >= 0.3 is 0 Å². The second-order valence-electron chi connectivity index (χ2n) is 4.67. The molecule has 2 aromatic rings. The highest BCUT2D eigenvalue weighted by molar-refractivity contribution is 5.40. The van der Waals surface area contributed by atoms with E-state index in [1.807, 2.05) is 18.3 Å². The van der Waals surface area contributed by atoms with E-state index in [4.69, 9.17) is 0 Å². The summed E-state index contributed by atoms with van der Waals surface area (Å²) in [5.41, 5.74) is 2.35. The molecule has 0 aliphatic heterocycles. The fraction of sp³-hybridized carbons (Fsp3) is 0.357. The Morgan fingerprint density at radius 2 is 2.11 bits per heavy atom. The molecule has 1 heterocycles. The van der Waals surface area contributed by atoms with Crippen molar-refractivity contribution in [2.75, 3.05) is 0 Å². The van der Waals surface area contributed by atoms with Crippen LogP contribution in [0, 0.1) is 12.7 Å². The van der Waals surface area contributed by atoms with E-state index in [0.717, 1.165) is 17.9 Å². The summed E-state index contributed by atoms with van der Waals surface area (Å²) >= 11 is 0. The SMILES string of the molecule is Cc1c(F)cccc1-n1ccc(CNC(C)C)n1. The molecular weight excluding hydrogens is 229 g/mol. The summed E-state index contributed by atoms with van der Waals surface area (Å²) in [6.07, 6.45) is 1.86. The standard InChI is InChI=1S/C14H18FN3/c1-10(2)16-9-12-7-8-18(17-12)14-6-4-5-13(15)11(14)3/h4-8,10,16H,9H2,1-3H3. The molecule has 0 atom stereocenters. The quantitative estimate of drug-likeness (QED) is 0.900. The predicted molar refractivity (Wildman–Crippen MR) is 70.2 cm³/mol. The van der Waals surface area contributed by atoms with Gasteiger partial charge in [0.1, 0.15) is 5.82 Å². The zero-order valence-electron chi connectivity index (χ0n) is 10.9. The number of nitrogens with one attached hydrogen (secondary N) is 1. The van der Waals surface area contributed by atoms with Gasteiger partial charge in [0.2, 0.25) is 0 Å². The van der Waals surface area contributed by atoms with Gasteiger partial charge in [0.05, 0.1) is 11.4 Å². The van der Waals surface area contributed by atoms with Crippen molar-refractivity contribution >= 4 is 0 Å². The van der Waals surface area contributed by atoms with Gasteiger partial charge < -0.3 is 5.32 Å². The van der Waals surface area contributed by atoms with Gasteiger partial charge in [0.15, 0.2) is 0 Å². The van der Waals surface area contributed by atoms with Crippen molar-refractivity contribution < 1.29 is 4.39 Å². The van der Waals surface area contributed by atoms with Crippen LogP contribution in [0.3, 0.4) is 0 Å². The summed E-state index contributed by atoms with van der Waals surface area (Å²) in [5, 5.41) is 7.74. The maximum Gasteiger partial charge on any atom is 0.128 e. The number of rotatable bonds is 4. The fourth-order valence-corrected chi connectivity index (χ4v) is 1.74. The Morgan fingerprint density at radius 1 is 1.33 bits per heavy atom. The van der Waals surface area contributed by atoms with Crippen molar-refractivity contribution in [3.63, 3.8) is 0 Å². The molecule has 0 saturated carbocycles. The molecule has 1 aromatic carbocycles. The van der Waals surface area contributed by atoms with Crippen molar-refractivity contribution in [3.8, 4) is 5.69 Å². The number of halogens is 1. The maximum absolute atomic E-state index is 13.5. The van der Waals surface area contributed by atoms with Crippen LogP contribution in [0.25, 0.3) is 5.69 Å². The highest BCUT2D eigenvalue weighted by Crippen LogP contribution is 2.16. The molecule has 0 fully saturated rings. The van der Waals surface area contributed by atoms with Crippen LogP contribution in [0.4, 0.5) is 4.39 Å². The van der Waals surface area contributed by atoms with Crippen LogP contribution in [0.1, 0.15) is 25.1 Å². The van der Waals surface area contributed by atoms with E-state index < -0.39 is 0 Å². The molecule has 1 N–H and O–H groups in total. The molecule has 0 bridgehead atoms. The summed E-state index contributed by atoms with van der Waals surface area (Å²) in [6.45, 7) is 6.67. The first-order valence-electron chi connectivity index (χ1n) is 6.11. The van der Waals surface area contributed by atoms with E-state index in [9.17, 15) is 4.39 Å². The molecule has 18 heavy (non-hydrogen) atoms. The average Bonchev–Trinajstić information content (AvgIpc) is 2.78. The fourth-order valence-electron chi connectivity index (χ4n) is 1.74. The molecular formula is C14H18FN3. The lowest BCUT2D eigenvalue weighted by Crippen LogP contribution is -2.22. The molecule has 2 rings (SSSR count). The minimum absolute atomic E-state index is 0.204. The number of benzene rings is 1. The number of hydrogen-bond acceptors (Lipinski definition) is 2. The van der Waals surface area contributed by atoms with E-state index in [2.05, 4.69) is 24.3 Å². The van der Waals surface area contributed by atoms with Gasteiger partial charge in [0, 0.05) is 24.3 Å². The van der Waals surface area contributed by atoms with E-state index in [0.29, 0.717) is 11.6 Å². The molecule has 4 heteroatoms. The van der Waals surface area contributed by atoms with Gasteiger partial charge in [0.25, 0.3) is 0 Å². The van der Waals surface area contributed by atoms with E-state index in [1.54, 1.807) is 17.7 Å². The van der Waals surface area contributed by atoms with Gasteiger partial charge in [-0.15, -0.1) is 0 Å². The lowest BCUT2D eigenvalue weighted by Gasteiger charge is -2.07. The second kappa shape index (κ2) is 5.31. The first-order chi connectivity index (χ1) is 8.58. The molecule has 1 aromatic heterocycles. The Hall–Kier alpha value is -1.68. The third-order valence-electron chi connectivity index (χ3n) is 2.82. The zero-order chi connectivity index (χ0) is 13.1. The van der Waals surface area contributed by atoms with Crippen LogP contribution in [0.5, 0.6) is 0 Å². The number of aromatic nitrogens is 2. The smallest absolute Gasteiger partial charge is 0.128 e. The topological polar surface area (TPSA) is 29.9 Å². The summed E-state index contributed by atoms with van der Waals surface area (Å²) < 4.78 is 15.2. The summed E-state index contributed by atoms with van der Waals surface area (Å²) in [7, 11) is 0. The molecule has 0 saturated heterocycles. The van der Waals surface area contributed by atoms with Gasteiger partial charge in [-0.3, -0.25) is 0 Å². The molecule has 0 unspecified atom stereocenters. The number of hydrogen-bond donors (Lipinski definition) is 1. The minimum atomic E-state index is -0.204. The van der Waals surface area contributed by atoms with Crippen molar-refractivity contribution in [1.82, 2.24) is 15.1 Å². The summed E-state index contributed by atoms with van der Waals surface area (Å²) in [5.74, 6) is -0.204. The second-order valence-corrected chi connectivity index (χ2v) is 4.67. The lowest BCUT2D eigenvalue weighted by molar-refractivity contribution is 0.577. The van der Waals surface area contributed by atoms with Crippen LogP contribution < -0.4 is 5.32 Å². The zero-order valence-corrected chi connectivity index (χ0v) is 10.9. The Balaban J connectivity index is 2.21. The van der Waals surface area contributed by atoms with Gasteiger partial charge in [-0.2, -0.15) is 5.10 Å². The van der Waals surface area contributed by atoms with Gasteiger partial charge in [-0.25, -0.2) is 9.07 Å². The predicted octanol–water partition coefficient (Wildman–Crippen LogP) is 2.82. The molecule has 3 nitrogen and oxygen atoms in total. The summed E-state index contributed by atoms with van der Waals surface area (Å²) in [4.78, 5) is 0. The van der Waals surface area contributed by atoms with Crippen molar-refractivity contribution in [2.45, 2.75) is 33.4 Å². The first kappa shape index (κ1) is 12.8. The number of nitrogens with zero attached hydrogens (tertiary/aromatic N) is 2. The van der Waals surface area contributed by atoms with Crippen molar-refractivity contribution in [3.05, 3.63) is 47.5 Å². The highest BCUT2D eigenvalue weighted by atomic mass is 19.1. The van der Waals surface area contributed by atoms with E-state index in [1.165, 1.54) is 6.07 Å². The molecule has 0 aliphatic carbocycles. The molecule has 0 aliphatic rings. The van der Waals surface area contributed by atoms with Crippen LogP contribution >= 0.6 is 0 Å². The Bertz CT molecular complexity index is 532. The molecule has 0 spiro atoms. The molecule has 0 radical (unpaired) electrons. The van der Waals surface area contributed by atoms with E-state index in [-0.39, 0.29) is 5.82 Å².